The zero-order chi connectivity index (χ0) is 19.1. The number of hydrogen-bond acceptors (Lipinski definition) is 4. The van der Waals surface area contributed by atoms with E-state index in [0.717, 1.165) is 49.8 Å². The van der Waals surface area contributed by atoms with Gasteiger partial charge in [-0.3, -0.25) is 14.4 Å². The van der Waals surface area contributed by atoms with Crippen molar-refractivity contribution in [2.45, 2.75) is 46.2 Å². The van der Waals surface area contributed by atoms with E-state index in [9.17, 15) is 4.79 Å². The van der Waals surface area contributed by atoms with Crippen molar-refractivity contribution in [2.75, 3.05) is 33.2 Å². The van der Waals surface area contributed by atoms with Gasteiger partial charge in [-0.2, -0.15) is 5.10 Å². The highest BCUT2D eigenvalue weighted by molar-refractivity contribution is 14.0. The molecular formula is C18H34IN7O. The summed E-state index contributed by atoms with van der Waals surface area (Å²) in [6, 6.07) is 0.379. The number of aliphatic imine (C=N–C) groups is 1. The summed E-state index contributed by atoms with van der Waals surface area (Å²) in [5.41, 5.74) is 3.38. The quantitative estimate of drug-likeness (QED) is 0.313. The highest BCUT2D eigenvalue weighted by Crippen LogP contribution is 2.13. The molecule has 0 spiro atoms. The Morgan fingerprint density at radius 3 is 2.48 bits per heavy atom. The molecule has 2 heterocycles. The number of nitrogens with one attached hydrogen (secondary N) is 3. The highest BCUT2D eigenvalue weighted by Gasteiger charge is 2.21. The van der Waals surface area contributed by atoms with Crippen molar-refractivity contribution in [3.05, 3.63) is 17.0 Å². The molecule has 0 atom stereocenters. The van der Waals surface area contributed by atoms with E-state index in [1.165, 1.54) is 5.56 Å². The molecule has 1 aliphatic rings. The number of hydrogen-bond donors (Lipinski definition) is 3. The standard InChI is InChI=1S/C18H33N7O.HI/c1-6-20-18(21-11-16-13(2)23-24(5)14(16)3)22-15-7-9-25(10-8-15)12-17(26)19-4;/h15H,6-12H2,1-5H3,(H,19,26)(H2,20,21,22);1H. The molecule has 1 amide bonds. The predicted molar refractivity (Wildman–Crippen MR) is 120 cm³/mol. The highest BCUT2D eigenvalue weighted by atomic mass is 127. The topological polar surface area (TPSA) is 86.6 Å². The molecule has 0 aromatic carbocycles. The maximum absolute atomic E-state index is 11.5. The van der Waals surface area contributed by atoms with Crippen molar-refractivity contribution in [2.24, 2.45) is 12.0 Å². The van der Waals surface area contributed by atoms with E-state index in [4.69, 9.17) is 4.99 Å². The van der Waals surface area contributed by atoms with Gasteiger partial charge >= 0.3 is 0 Å². The third kappa shape index (κ3) is 6.95. The Labute approximate surface area is 179 Å². The Balaban J connectivity index is 0.00000364. The number of amides is 1. The Morgan fingerprint density at radius 1 is 1.30 bits per heavy atom. The molecule has 1 aromatic rings. The monoisotopic (exact) mass is 491 g/mol. The molecule has 1 aliphatic heterocycles. The maximum Gasteiger partial charge on any atom is 0.233 e. The first-order valence-corrected chi connectivity index (χ1v) is 9.41. The maximum atomic E-state index is 11.5. The number of likely N-dealkylation sites (N-methyl/N-ethyl adjacent to an activating group) is 1. The zero-order valence-corrected chi connectivity index (χ0v) is 19.5. The summed E-state index contributed by atoms with van der Waals surface area (Å²) in [4.78, 5) is 18.5. The van der Waals surface area contributed by atoms with Crippen LogP contribution in [0.3, 0.4) is 0 Å². The molecule has 0 bridgehead atoms. The smallest absolute Gasteiger partial charge is 0.233 e. The molecule has 27 heavy (non-hydrogen) atoms. The predicted octanol–water partition coefficient (Wildman–Crippen LogP) is 0.920. The molecular weight excluding hydrogens is 457 g/mol. The lowest BCUT2D eigenvalue weighted by atomic mass is 10.1. The first-order valence-electron chi connectivity index (χ1n) is 9.41. The summed E-state index contributed by atoms with van der Waals surface area (Å²) in [6.45, 7) is 9.95. The molecule has 2 rings (SSSR count). The average Bonchev–Trinajstić information content (AvgIpc) is 2.86. The van der Waals surface area contributed by atoms with E-state index in [1.54, 1.807) is 7.05 Å². The molecule has 154 valence electrons. The van der Waals surface area contributed by atoms with Gasteiger partial charge in [0.1, 0.15) is 0 Å². The van der Waals surface area contributed by atoms with Crippen LogP contribution in [0.2, 0.25) is 0 Å². The fraction of sp³-hybridized carbons (Fsp3) is 0.722. The number of piperidine rings is 1. The van der Waals surface area contributed by atoms with Gasteiger partial charge in [0.25, 0.3) is 0 Å². The number of aromatic nitrogens is 2. The summed E-state index contributed by atoms with van der Waals surface area (Å²) in [5.74, 6) is 0.924. The van der Waals surface area contributed by atoms with Gasteiger partial charge in [-0.1, -0.05) is 0 Å². The number of halogens is 1. The van der Waals surface area contributed by atoms with Gasteiger partial charge in [-0.05, 0) is 33.6 Å². The van der Waals surface area contributed by atoms with Gasteiger partial charge < -0.3 is 16.0 Å². The van der Waals surface area contributed by atoms with Crippen LogP contribution in [0.4, 0.5) is 0 Å². The first-order chi connectivity index (χ1) is 12.4. The van der Waals surface area contributed by atoms with E-state index in [-0.39, 0.29) is 29.9 Å². The lowest BCUT2D eigenvalue weighted by Crippen LogP contribution is -2.50. The van der Waals surface area contributed by atoms with E-state index < -0.39 is 0 Å². The minimum atomic E-state index is 0. The minimum Gasteiger partial charge on any atom is -0.358 e. The fourth-order valence-corrected chi connectivity index (χ4v) is 3.24. The van der Waals surface area contributed by atoms with E-state index in [2.05, 4.69) is 39.8 Å². The normalized spacial score (nSPS) is 16.0. The third-order valence-corrected chi connectivity index (χ3v) is 4.97. The van der Waals surface area contributed by atoms with Crippen molar-refractivity contribution in [3.8, 4) is 0 Å². The molecule has 9 heteroatoms. The van der Waals surface area contributed by atoms with Crippen LogP contribution in [0.25, 0.3) is 0 Å². The molecule has 8 nitrogen and oxygen atoms in total. The van der Waals surface area contributed by atoms with Gasteiger partial charge in [0.05, 0.1) is 18.8 Å². The van der Waals surface area contributed by atoms with E-state index >= 15 is 0 Å². The van der Waals surface area contributed by atoms with Crippen LogP contribution in [0.15, 0.2) is 4.99 Å². The molecule has 0 aliphatic carbocycles. The fourth-order valence-electron chi connectivity index (χ4n) is 3.24. The molecule has 0 radical (unpaired) electrons. The van der Waals surface area contributed by atoms with E-state index in [0.29, 0.717) is 19.1 Å². The average molecular weight is 491 g/mol. The van der Waals surface area contributed by atoms with Crippen LogP contribution in [0.1, 0.15) is 36.7 Å². The summed E-state index contributed by atoms with van der Waals surface area (Å²) < 4.78 is 1.91. The summed E-state index contributed by atoms with van der Waals surface area (Å²) >= 11 is 0. The minimum absolute atomic E-state index is 0. The number of aryl methyl sites for hydroxylation is 2. The molecule has 0 unspecified atom stereocenters. The van der Waals surface area contributed by atoms with Gasteiger partial charge in [0.15, 0.2) is 5.96 Å². The number of nitrogens with zero attached hydrogens (tertiary/aromatic N) is 4. The molecule has 1 aromatic heterocycles. The SMILES string of the molecule is CCNC(=NCc1c(C)nn(C)c1C)NC1CCN(CC(=O)NC)CC1.I. The molecule has 0 saturated carbocycles. The molecule has 1 fully saturated rings. The lowest BCUT2D eigenvalue weighted by Gasteiger charge is -2.32. The van der Waals surface area contributed by atoms with Crippen molar-refractivity contribution >= 4 is 35.8 Å². The number of carbonyl (C=O) groups is 1. The van der Waals surface area contributed by atoms with Crippen LogP contribution in [0, 0.1) is 13.8 Å². The van der Waals surface area contributed by atoms with Crippen molar-refractivity contribution in [3.63, 3.8) is 0 Å². The van der Waals surface area contributed by atoms with Crippen LogP contribution >= 0.6 is 24.0 Å². The second kappa shape index (κ2) is 11.5. The number of carbonyl (C=O) groups excluding carboxylic acids is 1. The van der Waals surface area contributed by atoms with Gasteiger partial charge in [-0.15, -0.1) is 24.0 Å². The second-order valence-corrected chi connectivity index (χ2v) is 6.84. The van der Waals surface area contributed by atoms with Gasteiger partial charge in [-0.25, -0.2) is 4.99 Å². The Bertz CT molecular complexity index is 636. The summed E-state index contributed by atoms with van der Waals surface area (Å²) in [5, 5.41) is 14.0. The van der Waals surface area contributed by atoms with Gasteiger partial charge in [0.2, 0.25) is 5.91 Å². The lowest BCUT2D eigenvalue weighted by molar-refractivity contribution is -0.122. The largest absolute Gasteiger partial charge is 0.358 e. The van der Waals surface area contributed by atoms with Crippen molar-refractivity contribution in [1.82, 2.24) is 30.6 Å². The first kappa shape index (κ1) is 23.7. The molecule has 3 N–H and O–H groups in total. The zero-order valence-electron chi connectivity index (χ0n) is 17.1. The summed E-state index contributed by atoms with van der Waals surface area (Å²) in [6.07, 6.45) is 2.01. The Hall–Kier alpha value is -1.36. The van der Waals surface area contributed by atoms with Crippen LogP contribution in [-0.2, 0) is 18.4 Å². The summed E-state index contributed by atoms with van der Waals surface area (Å²) in [7, 11) is 3.65. The Morgan fingerprint density at radius 2 is 1.96 bits per heavy atom. The van der Waals surface area contributed by atoms with Gasteiger partial charge in [0, 0.05) is 51.0 Å². The van der Waals surface area contributed by atoms with Crippen LogP contribution in [-0.4, -0.2) is 65.8 Å². The van der Waals surface area contributed by atoms with Crippen molar-refractivity contribution in [1.29, 1.82) is 0 Å². The Kier molecular flexibility index (Phi) is 10.1. The number of rotatable bonds is 6. The van der Waals surface area contributed by atoms with Crippen molar-refractivity contribution < 1.29 is 4.79 Å². The van der Waals surface area contributed by atoms with Crippen LogP contribution < -0.4 is 16.0 Å². The van der Waals surface area contributed by atoms with E-state index in [1.807, 2.05) is 18.7 Å². The molecule has 1 saturated heterocycles. The second-order valence-electron chi connectivity index (χ2n) is 6.84. The third-order valence-electron chi connectivity index (χ3n) is 4.97. The number of likely N-dealkylation sites (tertiary alicyclic amines) is 1. The number of guanidine groups is 1. The van der Waals surface area contributed by atoms with Crippen LogP contribution in [0.5, 0.6) is 0 Å².